The first-order chi connectivity index (χ1) is 7.74. The maximum atomic E-state index is 5.48. The molecule has 0 aromatic rings. The monoisotopic (exact) mass is 226 g/mol. The third-order valence-electron chi connectivity index (χ3n) is 4.35. The van der Waals surface area contributed by atoms with Crippen molar-refractivity contribution in [1.82, 2.24) is 10.2 Å². The van der Waals surface area contributed by atoms with Crippen LogP contribution in [-0.2, 0) is 4.74 Å². The van der Waals surface area contributed by atoms with Crippen molar-refractivity contribution in [3.8, 4) is 0 Å². The molecule has 3 nitrogen and oxygen atoms in total. The van der Waals surface area contributed by atoms with Crippen molar-refractivity contribution in [3.05, 3.63) is 0 Å². The van der Waals surface area contributed by atoms with Crippen LogP contribution in [0.25, 0.3) is 0 Å². The van der Waals surface area contributed by atoms with Gasteiger partial charge in [0, 0.05) is 38.3 Å². The molecule has 2 rings (SSSR count). The Morgan fingerprint density at radius 1 is 1.38 bits per heavy atom. The Labute approximate surface area is 99.5 Å². The number of ether oxygens (including phenoxy) is 1. The van der Waals surface area contributed by atoms with Crippen molar-refractivity contribution in [1.29, 1.82) is 0 Å². The third-order valence-corrected chi connectivity index (χ3v) is 4.35. The van der Waals surface area contributed by atoms with Gasteiger partial charge in [-0.1, -0.05) is 6.92 Å². The number of nitrogens with zero attached hydrogens (tertiary/aromatic N) is 1. The fourth-order valence-corrected chi connectivity index (χ4v) is 3.17. The SMILES string of the molecule is CCC1CN(C2CCC(OC)C2)C(C)CN1. The van der Waals surface area contributed by atoms with E-state index >= 15 is 0 Å². The van der Waals surface area contributed by atoms with Gasteiger partial charge in [-0.25, -0.2) is 0 Å². The Hall–Kier alpha value is -0.120. The molecular weight excluding hydrogens is 200 g/mol. The highest BCUT2D eigenvalue weighted by Gasteiger charge is 2.34. The molecule has 3 heteroatoms. The predicted molar refractivity (Wildman–Crippen MR) is 66.7 cm³/mol. The molecule has 1 aliphatic heterocycles. The van der Waals surface area contributed by atoms with Gasteiger partial charge in [0.25, 0.3) is 0 Å². The number of rotatable bonds is 3. The fourth-order valence-electron chi connectivity index (χ4n) is 3.17. The zero-order chi connectivity index (χ0) is 11.5. The minimum atomic E-state index is 0.507. The maximum absolute atomic E-state index is 5.48. The molecule has 2 aliphatic rings. The van der Waals surface area contributed by atoms with Gasteiger partial charge < -0.3 is 10.1 Å². The minimum Gasteiger partial charge on any atom is -0.381 e. The van der Waals surface area contributed by atoms with Crippen molar-refractivity contribution in [2.24, 2.45) is 0 Å². The largest absolute Gasteiger partial charge is 0.381 e. The molecule has 0 spiro atoms. The van der Waals surface area contributed by atoms with E-state index in [-0.39, 0.29) is 0 Å². The van der Waals surface area contributed by atoms with Crippen molar-refractivity contribution in [2.75, 3.05) is 20.2 Å². The average molecular weight is 226 g/mol. The quantitative estimate of drug-likeness (QED) is 0.791. The third kappa shape index (κ3) is 2.58. The zero-order valence-corrected chi connectivity index (χ0v) is 10.9. The summed E-state index contributed by atoms with van der Waals surface area (Å²) >= 11 is 0. The zero-order valence-electron chi connectivity index (χ0n) is 10.9. The lowest BCUT2D eigenvalue weighted by Gasteiger charge is -2.42. The number of piperazine rings is 1. The molecule has 0 amide bonds. The molecular formula is C13H26N2O. The van der Waals surface area contributed by atoms with Crippen molar-refractivity contribution < 1.29 is 4.74 Å². The fraction of sp³-hybridized carbons (Fsp3) is 1.00. The van der Waals surface area contributed by atoms with Gasteiger partial charge in [0.05, 0.1) is 6.10 Å². The van der Waals surface area contributed by atoms with E-state index in [0.717, 1.165) is 12.6 Å². The summed E-state index contributed by atoms with van der Waals surface area (Å²) in [6.45, 7) is 6.99. The van der Waals surface area contributed by atoms with Gasteiger partial charge in [-0.05, 0) is 32.6 Å². The van der Waals surface area contributed by atoms with Crippen molar-refractivity contribution in [3.63, 3.8) is 0 Å². The summed E-state index contributed by atoms with van der Waals surface area (Å²) < 4.78 is 5.48. The lowest BCUT2D eigenvalue weighted by atomic mass is 10.0. The van der Waals surface area contributed by atoms with Gasteiger partial charge in [0.1, 0.15) is 0 Å². The van der Waals surface area contributed by atoms with Crippen LogP contribution in [0.2, 0.25) is 0 Å². The molecule has 1 aliphatic carbocycles. The second-order valence-corrected chi connectivity index (χ2v) is 5.38. The molecule has 1 heterocycles. The van der Waals surface area contributed by atoms with E-state index < -0.39 is 0 Å². The highest BCUT2D eigenvalue weighted by molar-refractivity contribution is 4.91. The van der Waals surface area contributed by atoms with Crippen molar-refractivity contribution >= 4 is 0 Å². The average Bonchev–Trinajstić information content (AvgIpc) is 2.78. The van der Waals surface area contributed by atoms with Gasteiger partial charge >= 0.3 is 0 Å². The van der Waals surface area contributed by atoms with E-state index in [0.29, 0.717) is 18.2 Å². The van der Waals surface area contributed by atoms with Crippen LogP contribution in [-0.4, -0.2) is 49.3 Å². The van der Waals surface area contributed by atoms with Gasteiger partial charge in [-0.15, -0.1) is 0 Å². The second-order valence-electron chi connectivity index (χ2n) is 5.38. The van der Waals surface area contributed by atoms with Crippen LogP contribution >= 0.6 is 0 Å². The Morgan fingerprint density at radius 3 is 2.81 bits per heavy atom. The molecule has 0 radical (unpaired) electrons. The molecule has 0 bridgehead atoms. The van der Waals surface area contributed by atoms with Crippen LogP contribution in [0, 0.1) is 0 Å². The first-order valence-corrected chi connectivity index (χ1v) is 6.76. The molecule has 1 saturated carbocycles. The normalized spacial score (nSPS) is 41.4. The topological polar surface area (TPSA) is 24.5 Å². The van der Waals surface area contributed by atoms with E-state index in [4.69, 9.17) is 4.74 Å². The van der Waals surface area contributed by atoms with E-state index in [1.807, 2.05) is 7.11 Å². The molecule has 2 fully saturated rings. The minimum absolute atomic E-state index is 0.507. The number of methoxy groups -OCH3 is 1. The van der Waals surface area contributed by atoms with Crippen LogP contribution in [0.4, 0.5) is 0 Å². The van der Waals surface area contributed by atoms with Gasteiger partial charge in [-0.2, -0.15) is 0 Å². The molecule has 16 heavy (non-hydrogen) atoms. The van der Waals surface area contributed by atoms with Gasteiger partial charge in [-0.3, -0.25) is 4.90 Å². The van der Waals surface area contributed by atoms with Crippen LogP contribution < -0.4 is 5.32 Å². The number of nitrogens with one attached hydrogen (secondary N) is 1. The standard InChI is InChI=1S/C13H26N2O/c1-4-11-9-15(10(2)8-14-11)12-5-6-13(7-12)16-3/h10-14H,4-9H2,1-3H3. The molecule has 0 aromatic carbocycles. The number of hydrogen-bond acceptors (Lipinski definition) is 3. The Kier molecular flexibility index (Phi) is 4.22. The van der Waals surface area contributed by atoms with E-state index in [1.54, 1.807) is 0 Å². The highest BCUT2D eigenvalue weighted by Crippen LogP contribution is 2.28. The van der Waals surface area contributed by atoms with Gasteiger partial charge in [0.2, 0.25) is 0 Å². The molecule has 1 saturated heterocycles. The van der Waals surface area contributed by atoms with Crippen LogP contribution in [0.15, 0.2) is 0 Å². The lowest BCUT2D eigenvalue weighted by molar-refractivity contribution is 0.0680. The molecule has 1 N–H and O–H groups in total. The second kappa shape index (κ2) is 5.48. The molecule has 4 unspecified atom stereocenters. The Bertz CT molecular complexity index is 222. The van der Waals surface area contributed by atoms with E-state index in [2.05, 4.69) is 24.1 Å². The smallest absolute Gasteiger partial charge is 0.0586 e. The summed E-state index contributed by atoms with van der Waals surface area (Å²) in [5.41, 5.74) is 0. The molecule has 4 atom stereocenters. The van der Waals surface area contributed by atoms with Crippen LogP contribution in [0.1, 0.15) is 39.5 Å². The van der Waals surface area contributed by atoms with Crippen LogP contribution in [0.5, 0.6) is 0 Å². The summed E-state index contributed by atoms with van der Waals surface area (Å²) in [4.78, 5) is 2.71. The van der Waals surface area contributed by atoms with Gasteiger partial charge in [0.15, 0.2) is 0 Å². The summed E-state index contributed by atoms with van der Waals surface area (Å²) in [6, 6.07) is 2.14. The Balaban J connectivity index is 1.91. The van der Waals surface area contributed by atoms with E-state index in [1.165, 1.54) is 32.2 Å². The molecule has 0 aromatic heterocycles. The lowest BCUT2D eigenvalue weighted by Crippen LogP contribution is -2.57. The van der Waals surface area contributed by atoms with Crippen molar-refractivity contribution in [2.45, 2.75) is 63.8 Å². The summed E-state index contributed by atoms with van der Waals surface area (Å²) in [5.74, 6) is 0. The summed E-state index contributed by atoms with van der Waals surface area (Å²) in [5, 5.41) is 3.62. The summed E-state index contributed by atoms with van der Waals surface area (Å²) in [7, 11) is 1.85. The first-order valence-electron chi connectivity index (χ1n) is 6.76. The first kappa shape index (κ1) is 12.3. The van der Waals surface area contributed by atoms with Crippen LogP contribution in [0.3, 0.4) is 0 Å². The maximum Gasteiger partial charge on any atom is 0.0586 e. The molecule has 94 valence electrons. The highest BCUT2D eigenvalue weighted by atomic mass is 16.5. The predicted octanol–water partition coefficient (Wildman–Crippen LogP) is 1.63. The Morgan fingerprint density at radius 2 is 2.19 bits per heavy atom. The summed E-state index contributed by atoms with van der Waals surface area (Å²) in [6.07, 6.45) is 5.54. The number of hydrogen-bond donors (Lipinski definition) is 1. The van der Waals surface area contributed by atoms with E-state index in [9.17, 15) is 0 Å².